The third-order valence-electron chi connectivity index (χ3n) is 2.41. The van der Waals surface area contributed by atoms with Gasteiger partial charge in [0.2, 0.25) is 0 Å². The van der Waals surface area contributed by atoms with Gasteiger partial charge < -0.3 is 15.8 Å². The van der Waals surface area contributed by atoms with Crippen LogP contribution in [0.3, 0.4) is 0 Å². The molecule has 0 radical (unpaired) electrons. The molecule has 0 saturated carbocycles. The largest absolute Gasteiger partial charge is 0.482 e. The molecular formula is C13H15Cl2N3O2. The number of rotatable bonds is 7. The van der Waals surface area contributed by atoms with Gasteiger partial charge in [0.1, 0.15) is 5.75 Å². The van der Waals surface area contributed by atoms with Gasteiger partial charge in [-0.1, -0.05) is 23.2 Å². The molecule has 1 amide bonds. The van der Waals surface area contributed by atoms with Crippen molar-refractivity contribution in [2.45, 2.75) is 12.8 Å². The maximum Gasteiger partial charge on any atom is 0.257 e. The second-order valence-electron chi connectivity index (χ2n) is 3.96. The number of halogens is 2. The first kappa shape index (κ1) is 16.6. The summed E-state index contributed by atoms with van der Waals surface area (Å²) in [5, 5.41) is 11.8. The topological polar surface area (TPSA) is 88.1 Å². The smallest absolute Gasteiger partial charge is 0.257 e. The summed E-state index contributed by atoms with van der Waals surface area (Å²) in [6, 6.07) is 5.19. The molecule has 1 rings (SSSR count). The number of hydrogen-bond acceptors (Lipinski definition) is 4. The molecule has 0 heterocycles. The summed E-state index contributed by atoms with van der Waals surface area (Å²) in [4.78, 5) is 11.5. The van der Waals surface area contributed by atoms with Gasteiger partial charge in [-0.15, -0.1) is 0 Å². The Kier molecular flexibility index (Phi) is 7.16. The average Bonchev–Trinajstić information content (AvgIpc) is 2.38. The van der Waals surface area contributed by atoms with Crippen LogP contribution in [0.15, 0.2) is 12.1 Å². The lowest BCUT2D eigenvalue weighted by Crippen LogP contribution is -2.29. The van der Waals surface area contributed by atoms with Crippen LogP contribution >= 0.6 is 23.2 Å². The maximum atomic E-state index is 11.5. The quantitative estimate of drug-likeness (QED) is 0.752. The highest BCUT2D eigenvalue weighted by atomic mass is 35.5. The molecule has 0 atom stereocenters. The Bertz CT molecular complexity index is 515. The molecular weight excluding hydrogens is 301 g/mol. The van der Waals surface area contributed by atoms with Crippen molar-refractivity contribution in [1.82, 2.24) is 5.32 Å². The number of carbonyl (C=O) groups excluding carboxylic acids is 1. The monoisotopic (exact) mass is 315 g/mol. The van der Waals surface area contributed by atoms with E-state index < -0.39 is 0 Å². The molecule has 0 aliphatic rings. The highest BCUT2D eigenvalue weighted by Crippen LogP contribution is 2.32. The summed E-state index contributed by atoms with van der Waals surface area (Å²) in [6.07, 6.45) is 0.803. The van der Waals surface area contributed by atoms with Crippen molar-refractivity contribution in [2.24, 2.45) is 5.73 Å². The number of ether oxygens (including phenoxy) is 1. The number of nitrogens with two attached hydrogens (primary N) is 1. The summed E-state index contributed by atoms with van der Waals surface area (Å²) in [5.74, 6) is 0.0990. The standard InChI is InChI=1S/C13H15Cl2N3O2/c14-10-6-9(2-4-17)13(11(15)7-10)20-8-12(19)18-5-1-3-16/h6-7H,1-2,4-5,8,17H2,(H,18,19). The lowest BCUT2D eigenvalue weighted by Gasteiger charge is -2.13. The summed E-state index contributed by atoms with van der Waals surface area (Å²) in [7, 11) is 0. The summed E-state index contributed by atoms with van der Waals surface area (Å²) < 4.78 is 5.43. The zero-order valence-electron chi connectivity index (χ0n) is 10.8. The number of benzene rings is 1. The number of hydrogen-bond donors (Lipinski definition) is 2. The molecule has 0 aliphatic carbocycles. The highest BCUT2D eigenvalue weighted by molar-refractivity contribution is 6.35. The fourth-order valence-corrected chi connectivity index (χ4v) is 2.15. The van der Waals surface area contributed by atoms with Crippen LogP contribution in [0.4, 0.5) is 0 Å². The Morgan fingerprint density at radius 2 is 2.20 bits per heavy atom. The number of nitrogens with zero attached hydrogens (tertiary/aromatic N) is 1. The van der Waals surface area contributed by atoms with Gasteiger partial charge in [0.05, 0.1) is 17.5 Å². The van der Waals surface area contributed by atoms with E-state index in [-0.39, 0.29) is 18.9 Å². The predicted octanol–water partition coefficient (Wildman–Crippen LogP) is 1.90. The van der Waals surface area contributed by atoms with E-state index in [0.717, 1.165) is 5.56 Å². The molecule has 0 fully saturated rings. The number of nitriles is 1. The zero-order chi connectivity index (χ0) is 15.0. The van der Waals surface area contributed by atoms with E-state index in [1.807, 2.05) is 6.07 Å². The first-order chi connectivity index (χ1) is 9.58. The number of amides is 1. The molecule has 0 aliphatic heterocycles. The van der Waals surface area contributed by atoms with Gasteiger partial charge in [-0.25, -0.2) is 0 Å². The number of nitrogens with one attached hydrogen (secondary N) is 1. The van der Waals surface area contributed by atoms with Crippen LogP contribution < -0.4 is 15.8 Å². The maximum absolute atomic E-state index is 11.5. The van der Waals surface area contributed by atoms with Crippen LogP contribution in [0.5, 0.6) is 5.75 Å². The Hall–Kier alpha value is -1.48. The van der Waals surface area contributed by atoms with Crippen LogP contribution in [-0.2, 0) is 11.2 Å². The molecule has 0 unspecified atom stereocenters. The molecule has 20 heavy (non-hydrogen) atoms. The SMILES string of the molecule is N#CCCNC(=O)COc1c(Cl)cc(Cl)cc1CCN. The molecule has 0 saturated heterocycles. The van der Waals surface area contributed by atoms with Crippen LogP contribution in [0, 0.1) is 11.3 Å². The van der Waals surface area contributed by atoms with Crippen molar-refractivity contribution in [3.05, 3.63) is 27.7 Å². The zero-order valence-corrected chi connectivity index (χ0v) is 12.3. The Morgan fingerprint density at radius 3 is 2.85 bits per heavy atom. The minimum Gasteiger partial charge on any atom is -0.482 e. The van der Waals surface area contributed by atoms with Crippen LogP contribution in [0.1, 0.15) is 12.0 Å². The van der Waals surface area contributed by atoms with Gasteiger partial charge in [0.15, 0.2) is 6.61 Å². The van der Waals surface area contributed by atoms with Gasteiger partial charge in [-0.3, -0.25) is 4.79 Å². The fraction of sp³-hybridized carbons (Fsp3) is 0.385. The van der Waals surface area contributed by atoms with Crippen molar-refractivity contribution in [3.8, 4) is 11.8 Å². The van der Waals surface area contributed by atoms with Crippen LogP contribution in [-0.4, -0.2) is 25.6 Å². The predicted molar refractivity (Wildman–Crippen MR) is 78.0 cm³/mol. The Balaban J connectivity index is 2.67. The van der Waals surface area contributed by atoms with Gasteiger partial charge >= 0.3 is 0 Å². The Labute approximate surface area is 127 Å². The van der Waals surface area contributed by atoms with E-state index >= 15 is 0 Å². The van der Waals surface area contributed by atoms with Gasteiger partial charge in [0, 0.05) is 11.6 Å². The Morgan fingerprint density at radius 1 is 1.45 bits per heavy atom. The molecule has 5 nitrogen and oxygen atoms in total. The van der Waals surface area contributed by atoms with Crippen molar-refractivity contribution >= 4 is 29.1 Å². The molecule has 3 N–H and O–H groups in total. The fourth-order valence-electron chi connectivity index (χ4n) is 1.56. The number of carbonyl (C=O) groups is 1. The molecule has 0 bridgehead atoms. The molecule has 0 spiro atoms. The first-order valence-electron chi connectivity index (χ1n) is 6.03. The molecule has 1 aromatic rings. The molecule has 1 aromatic carbocycles. The molecule has 7 heteroatoms. The van der Waals surface area contributed by atoms with E-state index in [0.29, 0.717) is 35.3 Å². The third kappa shape index (κ3) is 5.25. The van der Waals surface area contributed by atoms with E-state index in [2.05, 4.69) is 5.32 Å². The van der Waals surface area contributed by atoms with Gasteiger partial charge in [-0.2, -0.15) is 5.26 Å². The first-order valence-corrected chi connectivity index (χ1v) is 6.78. The van der Waals surface area contributed by atoms with Crippen molar-refractivity contribution < 1.29 is 9.53 Å². The normalized spacial score (nSPS) is 9.90. The second kappa shape index (κ2) is 8.64. The van der Waals surface area contributed by atoms with E-state index in [1.165, 1.54) is 0 Å². The minimum absolute atomic E-state index is 0.176. The summed E-state index contributed by atoms with van der Waals surface area (Å²) in [6.45, 7) is 0.536. The van der Waals surface area contributed by atoms with Crippen LogP contribution in [0.25, 0.3) is 0 Å². The second-order valence-corrected chi connectivity index (χ2v) is 4.80. The van der Waals surface area contributed by atoms with E-state index in [4.69, 9.17) is 38.9 Å². The van der Waals surface area contributed by atoms with Crippen molar-refractivity contribution in [1.29, 1.82) is 5.26 Å². The summed E-state index contributed by atoms with van der Waals surface area (Å²) >= 11 is 12.0. The lowest BCUT2D eigenvalue weighted by atomic mass is 10.1. The molecule has 108 valence electrons. The lowest BCUT2D eigenvalue weighted by molar-refractivity contribution is -0.123. The highest BCUT2D eigenvalue weighted by Gasteiger charge is 2.12. The van der Waals surface area contributed by atoms with E-state index in [9.17, 15) is 4.79 Å². The van der Waals surface area contributed by atoms with E-state index in [1.54, 1.807) is 12.1 Å². The van der Waals surface area contributed by atoms with Crippen LogP contribution in [0.2, 0.25) is 10.0 Å². The minimum atomic E-state index is -0.315. The third-order valence-corrected chi connectivity index (χ3v) is 2.90. The van der Waals surface area contributed by atoms with Crippen molar-refractivity contribution in [2.75, 3.05) is 19.7 Å². The molecule has 0 aromatic heterocycles. The average molecular weight is 316 g/mol. The van der Waals surface area contributed by atoms with Gasteiger partial charge in [-0.05, 0) is 30.7 Å². The summed E-state index contributed by atoms with van der Waals surface area (Å²) in [5.41, 5.74) is 6.27. The van der Waals surface area contributed by atoms with Crippen molar-refractivity contribution in [3.63, 3.8) is 0 Å². The van der Waals surface area contributed by atoms with Gasteiger partial charge in [0.25, 0.3) is 5.91 Å².